The van der Waals surface area contributed by atoms with Gasteiger partial charge in [0.15, 0.2) is 0 Å². The van der Waals surface area contributed by atoms with Gasteiger partial charge in [0, 0.05) is 23.8 Å². The van der Waals surface area contributed by atoms with Crippen molar-refractivity contribution in [2.24, 2.45) is 5.73 Å². The van der Waals surface area contributed by atoms with Gasteiger partial charge < -0.3 is 15.8 Å². The molecule has 3 N–H and O–H groups in total. The number of rotatable bonds is 5. The highest BCUT2D eigenvalue weighted by Gasteiger charge is 2.11. The highest BCUT2D eigenvalue weighted by molar-refractivity contribution is 9.10. The van der Waals surface area contributed by atoms with Crippen LogP contribution in [-0.2, 0) is 9.53 Å². The second-order valence-electron chi connectivity index (χ2n) is 3.81. The standard InChI is InChI=1S/C12H17BrN2O2/c1-8-3-4-9(5-11(8)13)15-12(16)6-10(7-14)17-2/h3-5,10H,6-7,14H2,1-2H3,(H,15,16). The Morgan fingerprint density at radius 1 is 1.59 bits per heavy atom. The Bertz CT molecular complexity index is 392. The van der Waals surface area contributed by atoms with E-state index in [4.69, 9.17) is 10.5 Å². The number of hydrogen-bond donors (Lipinski definition) is 2. The van der Waals surface area contributed by atoms with Crippen LogP contribution in [0.3, 0.4) is 0 Å². The van der Waals surface area contributed by atoms with Crippen molar-refractivity contribution < 1.29 is 9.53 Å². The molecule has 1 aromatic rings. The van der Waals surface area contributed by atoms with E-state index in [0.29, 0.717) is 6.54 Å². The predicted molar refractivity (Wildman–Crippen MR) is 72.0 cm³/mol. The van der Waals surface area contributed by atoms with Crippen molar-refractivity contribution in [3.05, 3.63) is 28.2 Å². The van der Waals surface area contributed by atoms with Crippen LogP contribution in [0, 0.1) is 6.92 Å². The molecule has 1 unspecified atom stereocenters. The summed E-state index contributed by atoms with van der Waals surface area (Å²) in [5, 5.41) is 2.80. The highest BCUT2D eigenvalue weighted by Crippen LogP contribution is 2.20. The molecule has 4 nitrogen and oxygen atoms in total. The number of benzene rings is 1. The van der Waals surface area contributed by atoms with Crippen molar-refractivity contribution in [3.63, 3.8) is 0 Å². The van der Waals surface area contributed by atoms with Gasteiger partial charge in [-0.2, -0.15) is 0 Å². The van der Waals surface area contributed by atoms with Crippen molar-refractivity contribution in [2.75, 3.05) is 19.0 Å². The van der Waals surface area contributed by atoms with Crippen LogP contribution in [0.1, 0.15) is 12.0 Å². The summed E-state index contributed by atoms with van der Waals surface area (Å²) in [5.41, 5.74) is 7.34. The van der Waals surface area contributed by atoms with Crippen LogP contribution < -0.4 is 11.1 Å². The summed E-state index contributed by atoms with van der Waals surface area (Å²) < 4.78 is 6.03. The molecule has 0 radical (unpaired) electrons. The Morgan fingerprint density at radius 2 is 2.29 bits per heavy atom. The summed E-state index contributed by atoms with van der Waals surface area (Å²) in [4.78, 5) is 11.7. The van der Waals surface area contributed by atoms with Gasteiger partial charge in [-0.1, -0.05) is 22.0 Å². The largest absolute Gasteiger partial charge is 0.380 e. The molecule has 0 saturated carbocycles. The number of nitrogens with one attached hydrogen (secondary N) is 1. The Kier molecular flexibility index (Phi) is 5.61. The molecule has 0 heterocycles. The van der Waals surface area contributed by atoms with Crippen molar-refractivity contribution >= 4 is 27.5 Å². The summed E-state index contributed by atoms with van der Waals surface area (Å²) in [7, 11) is 1.55. The summed E-state index contributed by atoms with van der Waals surface area (Å²) in [6, 6.07) is 5.68. The van der Waals surface area contributed by atoms with Crippen LogP contribution in [0.5, 0.6) is 0 Å². The lowest BCUT2D eigenvalue weighted by Crippen LogP contribution is -2.28. The fraction of sp³-hybridized carbons (Fsp3) is 0.417. The fourth-order valence-electron chi connectivity index (χ4n) is 1.35. The van der Waals surface area contributed by atoms with E-state index in [9.17, 15) is 4.79 Å². The quantitative estimate of drug-likeness (QED) is 0.875. The normalized spacial score (nSPS) is 12.2. The number of amides is 1. The Balaban J connectivity index is 2.58. The maximum atomic E-state index is 11.7. The molecule has 1 rings (SSSR count). The number of halogens is 1. The molecule has 1 aromatic carbocycles. The first-order chi connectivity index (χ1) is 8.06. The third-order valence-electron chi connectivity index (χ3n) is 2.46. The molecule has 0 aliphatic carbocycles. The van der Waals surface area contributed by atoms with Gasteiger partial charge in [0.25, 0.3) is 0 Å². The number of anilines is 1. The molecule has 0 spiro atoms. The minimum atomic E-state index is -0.233. The van der Waals surface area contributed by atoms with E-state index >= 15 is 0 Å². The molecule has 0 saturated heterocycles. The van der Waals surface area contributed by atoms with Crippen LogP contribution in [0.15, 0.2) is 22.7 Å². The maximum absolute atomic E-state index is 11.7. The van der Waals surface area contributed by atoms with E-state index < -0.39 is 0 Å². The minimum absolute atomic E-state index is 0.0990. The number of nitrogens with two attached hydrogens (primary N) is 1. The molecule has 0 aliphatic heterocycles. The van der Waals surface area contributed by atoms with Gasteiger partial charge in [-0.15, -0.1) is 0 Å². The molecular formula is C12H17BrN2O2. The smallest absolute Gasteiger partial charge is 0.227 e. The summed E-state index contributed by atoms with van der Waals surface area (Å²) in [5.74, 6) is -0.0990. The average Bonchev–Trinajstić information content (AvgIpc) is 2.31. The summed E-state index contributed by atoms with van der Waals surface area (Å²) in [6.45, 7) is 2.33. The van der Waals surface area contributed by atoms with Gasteiger partial charge in [-0.3, -0.25) is 4.79 Å². The van der Waals surface area contributed by atoms with Crippen molar-refractivity contribution in [3.8, 4) is 0 Å². The van der Waals surface area contributed by atoms with E-state index in [-0.39, 0.29) is 18.4 Å². The molecule has 1 amide bonds. The zero-order chi connectivity index (χ0) is 12.8. The predicted octanol–water partition coefficient (Wildman–Crippen LogP) is 2.06. The second kappa shape index (κ2) is 6.74. The van der Waals surface area contributed by atoms with Crippen LogP contribution >= 0.6 is 15.9 Å². The lowest BCUT2D eigenvalue weighted by molar-refractivity contribution is -0.118. The zero-order valence-electron chi connectivity index (χ0n) is 10.00. The number of ether oxygens (including phenoxy) is 1. The van der Waals surface area contributed by atoms with Crippen LogP contribution in [0.2, 0.25) is 0 Å². The third-order valence-corrected chi connectivity index (χ3v) is 3.32. The van der Waals surface area contributed by atoms with Gasteiger partial charge in [-0.25, -0.2) is 0 Å². The van der Waals surface area contributed by atoms with E-state index in [2.05, 4.69) is 21.2 Å². The minimum Gasteiger partial charge on any atom is -0.380 e. The molecule has 0 bridgehead atoms. The zero-order valence-corrected chi connectivity index (χ0v) is 11.6. The molecule has 1 atom stereocenters. The first-order valence-corrected chi connectivity index (χ1v) is 6.15. The van der Waals surface area contributed by atoms with Gasteiger partial charge in [0.05, 0.1) is 12.5 Å². The van der Waals surface area contributed by atoms with E-state index in [1.807, 2.05) is 25.1 Å². The molecule has 94 valence electrons. The highest BCUT2D eigenvalue weighted by atomic mass is 79.9. The first-order valence-electron chi connectivity index (χ1n) is 5.35. The molecule has 0 aliphatic rings. The number of carbonyl (C=O) groups excluding carboxylic acids is 1. The van der Waals surface area contributed by atoms with Crippen LogP contribution in [0.25, 0.3) is 0 Å². The third kappa shape index (κ3) is 4.46. The van der Waals surface area contributed by atoms with E-state index in [1.54, 1.807) is 7.11 Å². The van der Waals surface area contributed by atoms with Crippen molar-refractivity contribution in [1.29, 1.82) is 0 Å². The van der Waals surface area contributed by atoms with Gasteiger partial charge in [0.2, 0.25) is 5.91 Å². The first kappa shape index (κ1) is 14.2. The molecular weight excluding hydrogens is 284 g/mol. The lowest BCUT2D eigenvalue weighted by Gasteiger charge is -2.13. The van der Waals surface area contributed by atoms with E-state index in [1.165, 1.54) is 0 Å². The summed E-state index contributed by atoms with van der Waals surface area (Å²) in [6.07, 6.45) is 0.0299. The topological polar surface area (TPSA) is 64.3 Å². The SMILES string of the molecule is COC(CN)CC(=O)Nc1ccc(C)c(Br)c1. The van der Waals surface area contributed by atoms with E-state index in [0.717, 1.165) is 15.7 Å². The number of carbonyl (C=O) groups is 1. The Labute approximate surface area is 110 Å². The fourth-order valence-corrected chi connectivity index (χ4v) is 1.73. The maximum Gasteiger partial charge on any atom is 0.227 e. The number of hydrogen-bond acceptors (Lipinski definition) is 3. The molecule has 5 heteroatoms. The second-order valence-corrected chi connectivity index (χ2v) is 4.66. The number of methoxy groups -OCH3 is 1. The van der Waals surface area contributed by atoms with Gasteiger partial charge >= 0.3 is 0 Å². The van der Waals surface area contributed by atoms with Gasteiger partial charge in [0.1, 0.15) is 0 Å². The van der Waals surface area contributed by atoms with Crippen LogP contribution in [-0.4, -0.2) is 25.7 Å². The monoisotopic (exact) mass is 300 g/mol. The molecule has 0 aromatic heterocycles. The summed E-state index contributed by atoms with van der Waals surface area (Å²) >= 11 is 3.42. The molecule has 17 heavy (non-hydrogen) atoms. The average molecular weight is 301 g/mol. The van der Waals surface area contributed by atoms with Crippen molar-refractivity contribution in [1.82, 2.24) is 0 Å². The Hall–Kier alpha value is -0.910. The van der Waals surface area contributed by atoms with Gasteiger partial charge in [-0.05, 0) is 24.6 Å². The Morgan fingerprint density at radius 3 is 2.82 bits per heavy atom. The van der Waals surface area contributed by atoms with Crippen LogP contribution in [0.4, 0.5) is 5.69 Å². The lowest BCUT2D eigenvalue weighted by atomic mass is 10.2. The number of aryl methyl sites for hydroxylation is 1. The molecule has 0 fully saturated rings. The van der Waals surface area contributed by atoms with Crippen molar-refractivity contribution in [2.45, 2.75) is 19.4 Å².